The Hall–Kier alpha value is -1.58. The number of esters is 1. The third-order valence-electron chi connectivity index (χ3n) is 3.20. The van der Waals surface area contributed by atoms with Gasteiger partial charge in [-0.25, -0.2) is 4.39 Å². The molecule has 1 fully saturated rings. The summed E-state index contributed by atoms with van der Waals surface area (Å²) >= 11 is 0. The lowest BCUT2D eigenvalue weighted by Crippen LogP contribution is -2.36. The monoisotopic (exact) mass is 237 g/mol. The van der Waals surface area contributed by atoms with Gasteiger partial charge in [0.25, 0.3) is 0 Å². The van der Waals surface area contributed by atoms with Gasteiger partial charge in [0.1, 0.15) is 5.82 Å². The Morgan fingerprint density at radius 2 is 2.12 bits per heavy atom. The van der Waals surface area contributed by atoms with Crippen LogP contribution in [0.5, 0.6) is 0 Å². The number of halogens is 1. The van der Waals surface area contributed by atoms with E-state index in [-0.39, 0.29) is 17.7 Å². The molecule has 17 heavy (non-hydrogen) atoms. The van der Waals surface area contributed by atoms with Gasteiger partial charge in [0.15, 0.2) is 0 Å². The van der Waals surface area contributed by atoms with Gasteiger partial charge in [-0.05, 0) is 31.0 Å². The molecule has 0 radical (unpaired) electrons. The molecule has 0 spiro atoms. The summed E-state index contributed by atoms with van der Waals surface area (Å²) in [6.45, 7) is 1.53. The molecule has 1 saturated heterocycles. The number of nitrogens with zero attached hydrogens (tertiary/aromatic N) is 1. The minimum absolute atomic E-state index is 0.00944. The first-order valence-electron chi connectivity index (χ1n) is 5.79. The zero-order valence-corrected chi connectivity index (χ0v) is 9.86. The van der Waals surface area contributed by atoms with Crippen molar-refractivity contribution in [2.75, 3.05) is 25.1 Å². The van der Waals surface area contributed by atoms with Crippen molar-refractivity contribution >= 4 is 11.7 Å². The first kappa shape index (κ1) is 11.9. The van der Waals surface area contributed by atoms with Crippen LogP contribution in [0.3, 0.4) is 0 Å². The maximum atomic E-state index is 13.1. The predicted molar refractivity (Wildman–Crippen MR) is 63.4 cm³/mol. The van der Waals surface area contributed by atoms with Crippen molar-refractivity contribution in [3.05, 3.63) is 30.1 Å². The highest BCUT2D eigenvalue weighted by molar-refractivity contribution is 5.72. The van der Waals surface area contributed by atoms with Gasteiger partial charge in [-0.2, -0.15) is 0 Å². The molecule has 0 bridgehead atoms. The molecule has 0 atom stereocenters. The first-order chi connectivity index (χ1) is 8.20. The molecule has 1 aliphatic rings. The van der Waals surface area contributed by atoms with Gasteiger partial charge < -0.3 is 9.64 Å². The Morgan fingerprint density at radius 3 is 2.71 bits per heavy atom. The van der Waals surface area contributed by atoms with Crippen LogP contribution in [0.4, 0.5) is 10.1 Å². The maximum absolute atomic E-state index is 13.1. The van der Waals surface area contributed by atoms with E-state index in [0.717, 1.165) is 31.6 Å². The second-order valence-electron chi connectivity index (χ2n) is 4.26. The molecule has 0 aromatic heterocycles. The van der Waals surface area contributed by atoms with E-state index < -0.39 is 0 Å². The molecule has 1 aromatic rings. The molecule has 0 saturated carbocycles. The molecular weight excluding hydrogens is 221 g/mol. The van der Waals surface area contributed by atoms with Crippen LogP contribution in [0.15, 0.2) is 24.3 Å². The second kappa shape index (κ2) is 5.17. The van der Waals surface area contributed by atoms with Crippen molar-refractivity contribution in [2.24, 2.45) is 5.92 Å². The van der Waals surface area contributed by atoms with E-state index in [1.165, 1.54) is 19.2 Å². The number of hydrogen-bond donors (Lipinski definition) is 0. The van der Waals surface area contributed by atoms with Crippen LogP contribution in [-0.4, -0.2) is 26.2 Å². The summed E-state index contributed by atoms with van der Waals surface area (Å²) < 4.78 is 17.8. The molecule has 92 valence electrons. The van der Waals surface area contributed by atoms with Crippen LogP contribution < -0.4 is 4.90 Å². The van der Waals surface area contributed by atoms with Crippen molar-refractivity contribution in [3.63, 3.8) is 0 Å². The molecule has 1 heterocycles. The minimum Gasteiger partial charge on any atom is -0.469 e. The summed E-state index contributed by atoms with van der Waals surface area (Å²) in [7, 11) is 1.42. The summed E-state index contributed by atoms with van der Waals surface area (Å²) in [6, 6.07) is 6.56. The highest BCUT2D eigenvalue weighted by atomic mass is 19.1. The standard InChI is InChI=1S/C13H16FNO2/c1-17-13(16)10-5-7-15(8-6-10)12-4-2-3-11(14)9-12/h2-4,9-10H,5-8H2,1H3. The number of carbonyl (C=O) groups is 1. The van der Waals surface area contributed by atoms with E-state index in [1.54, 1.807) is 6.07 Å². The Kier molecular flexibility index (Phi) is 3.61. The summed E-state index contributed by atoms with van der Waals surface area (Å²) in [6.07, 6.45) is 1.53. The van der Waals surface area contributed by atoms with Gasteiger partial charge in [-0.1, -0.05) is 6.07 Å². The molecule has 4 heteroatoms. The van der Waals surface area contributed by atoms with Gasteiger partial charge in [-0.15, -0.1) is 0 Å². The van der Waals surface area contributed by atoms with Gasteiger partial charge in [0.2, 0.25) is 0 Å². The van der Waals surface area contributed by atoms with E-state index in [1.807, 2.05) is 6.07 Å². The fourth-order valence-electron chi connectivity index (χ4n) is 2.21. The number of ether oxygens (including phenoxy) is 1. The topological polar surface area (TPSA) is 29.5 Å². The minimum atomic E-state index is -0.224. The maximum Gasteiger partial charge on any atom is 0.308 e. The van der Waals surface area contributed by atoms with Crippen LogP contribution in [0.25, 0.3) is 0 Å². The van der Waals surface area contributed by atoms with Crippen LogP contribution in [0.1, 0.15) is 12.8 Å². The normalized spacial score (nSPS) is 16.9. The van der Waals surface area contributed by atoms with E-state index in [4.69, 9.17) is 4.74 Å². The van der Waals surface area contributed by atoms with E-state index in [0.29, 0.717) is 0 Å². The molecule has 0 aliphatic carbocycles. The molecule has 0 N–H and O–H groups in total. The Balaban J connectivity index is 1.97. The fraction of sp³-hybridized carbons (Fsp3) is 0.462. The van der Waals surface area contributed by atoms with Crippen molar-refractivity contribution in [1.82, 2.24) is 0 Å². The summed E-state index contributed by atoms with van der Waals surface area (Å²) in [5.74, 6) is -0.369. The second-order valence-corrected chi connectivity index (χ2v) is 4.26. The lowest BCUT2D eigenvalue weighted by molar-refractivity contribution is -0.146. The zero-order valence-electron chi connectivity index (χ0n) is 9.86. The third-order valence-corrected chi connectivity index (χ3v) is 3.20. The summed E-state index contributed by atoms with van der Waals surface area (Å²) in [5.41, 5.74) is 0.883. The predicted octanol–water partition coefficient (Wildman–Crippen LogP) is 2.22. The molecule has 0 unspecified atom stereocenters. The highest BCUT2D eigenvalue weighted by Gasteiger charge is 2.25. The number of rotatable bonds is 2. The Bertz CT molecular complexity index is 400. The first-order valence-corrected chi connectivity index (χ1v) is 5.79. The largest absolute Gasteiger partial charge is 0.469 e. The number of hydrogen-bond acceptors (Lipinski definition) is 3. The highest BCUT2D eigenvalue weighted by Crippen LogP contribution is 2.24. The number of carbonyl (C=O) groups excluding carboxylic acids is 1. The van der Waals surface area contributed by atoms with E-state index in [9.17, 15) is 9.18 Å². The quantitative estimate of drug-likeness (QED) is 0.739. The molecule has 1 aliphatic heterocycles. The van der Waals surface area contributed by atoms with E-state index >= 15 is 0 Å². The summed E-state index contributed by atoms with van der Waals surface area (Å²) in [4.78, 5) is 13.5. The average Bonchev–Trinajstić information content (AvgIpc) is 2.38. The van der Waals surface area contributed by atoms with Crippen molar-refractivity contribution in [2.45, 2.75) is 12.8 Å². The molecule has 0 amide bonds. The third kappa shape index (κ3) is 2.75. The van der Waals surface area contributed by atoms with Gasteiger partial charge >= 0.3 is 5.97 Å². The SMILES string of the molecule is COC(=O)C1CCN(c2cccc(F)c2)CC1. The lowest BCUT2D eigenvalue weighted by atomic mass is 9.96. The van der Waals surface area contributed by atoms with Gasteiger partial charge in [-0.3, -0.25) is 4.79 Å². The molecular formula is C13H16FNO2. The number of piperidine rings is 1. The van der Waals surface area contributed by atoms with E-state index in [2.05, 4.69) is 4.90 Å². The average molecular weight is 237 g/mol. The lowest BCUT2D eigenvalue weighted by Gasteiger charge is -2.32. The Labute approximate surface area is 100 Å². The summed E-state index contributed by atoms with van der Waals surface area (Å²) in [5, 5.41) is 0. The fourth-order valence-corrected chi connectivity index (χ4v) is 2.21. The van der Waals surface area contributed by atoms with Crippen LogP contribution in [0.2, 0.25) is 0 Å². The zero-order chi connectivity index (χ0) is 12.3. The number of benzene rings is 1. The van der Waals surface area contributed by atoms with Crippen molar-refractivity contribution in [3.8, 4) is 0 Å². The molecule has 3 nitrogen and oxygen atoms in total. The van der Waals surface area contributed by atoms with Crippen LogP contribution >= 0.6 is 0 Å². The molecule has 1 aromatic carbocycles. The van der Waals surface area contributed by atoms with Gasteiger partial charge in [0.05, 0.1) is 13.0 Å². The number of anilines is 1. The van der Waals surface area contributed by atoms with Gasteiger partial charge in [0, 0.05) is 18.8 Å². The Morgan fingerprint density at radius 1 is 1.41 bits per heavy atom. The smallest absolute Gasteiger partial charge is 0.308 e. The number of methoxy groups -OCH3 is 1. The van der Waals surface area contributed by atoms with Crippen molar-refractivity contribution in [1.29, 1.82) is 0 Å². The van der Waals surface area contributed by atoms with Crippen LogP contribution in [-0.2, 0) is 9.53 Å². The van der Waals surface area contributed by atoms with Crippen molar-refractivity contribution < 1.29 is 13.9 Å². The molecule has 2 rings (SSSR count). The van der Waals surface area contributed by atoms with Crippen LogP contribution in [0, 0.1) is 11.7 Å².